The Labute approximate surface area is 130 Å². The zero-order chi connectivity index (χ0) is 14.8. The van der Waals surface area contributed by atoms with Gasteiger partial charge in [0.2, 0.25) is 0 Å². The van der Waals surface area contributed by atoms with Gasteiger partial charge in [-0.3, -0.25) is 10.1 Å². The van der Waals surface area contributed by atoms with Crippen molar-refractivity contribution in [3.63, 3.8) is 0 Å². The monoisotopic (exact) mass is 367 g/mol. The molecule has 0 bridgehead atoms. The Morgan fingerprint density at radius 1 is 1.19 bits per heavy atom. The number of carbonyl (C=O) groups is 1. The number of nitrogens with one attached hydrogen (secondary N) is 1. The van der Waals surface area contributed by atoms with Gasteiger partial charge in [-0.15, -0.1) is 16.4 Å². The van der Waals surface area contributed by atoms with Gasteiger partial charge in [-0.2, -0.15) is 0 Å². The van der Waals surface area contributed by atoms with Crippen molar-refractivity contribution in [3.8, 4) is 10.8 Å². The molecule has 3 rings (SSSR count). The number of amides is 1. The number of halogens is 2. The van der Waals surface area contributed by atoms with Crippen LogP contribution in [-0.2, 0) is 0 Å². The number of nitrogens with zero attached hydrogens (tertiary/aromatic N) is 2. The van der Waals surface area contributed by atoms with E-state index < -0.39 is 11.7 Å². The highest BCUT2D eigenvalue weighted by Crippen LogP contribution is 2.30. The summed E-state index contributed by atoms with van der Waals surface area (Å²) >= 11 is 4.78. The fraction of sp³-hybridized carbons (Fsp3) is 0. The first-order valence-corrected chi connectivity index (χ1v) is 7.39. The minimum atomic E-state index is -0.447. The van der Waals surface area contributed by atoms with Crippen LogP contribution in [0.2, 0.25) is 0 Å². The van der Waals surface area contributed by atoms with Crippen LogP contribution in [0.3, 0.4) is 0 Å². The smallest absolute Gasteiger partial charge is 0.322 e. The van der Waals surface area contributed by atoms with E-state index in [0.717, 1.165) is 8.66 Å². The molecule has 1 N–H and O–H groups in total. The largest absolute Gasteiger partial charge is 0.402 e. The number of aromatic nitrogens is 2. The van der Waals surface area contributed by atoms with Crippen molar-refractivity contribution in [3.05, 3.63) is 51.6 Å². The molecular formula is C13H7BrFN3O2S. The van der Waals surface area contributed by atoms with Crippen LogP contribution in [0.1, 0.15) is 10.4 Å². The molecule has 0 aliphatic rings. The second-order valence-electron chi connectivity index (χ2n) is 3.98. The Hall–Kier alpha value is -2.06. The Bertz CT molecular complexity index is 785. The molecule has 3 aromatic rings. The van der Waals surface area contributed by atoms with Crippen molar-refractivity contribution in [1.29, 1.82) is 0 Å². The maximum Gasteiger partial charge on any atom is 0.322 e. The normalized spacial score (nSPS) is 10.6. The number of benzene rings is 1. The van der Waals surface area contributed by atoms with Crippen LogP contribution in [0, 0.1) is 5.82 Å². The van der Waals surface area contributed by atoms with Gasteiger partial charge in [0, 0.05) is 5.56 Å². The van der Waals surface area contributed by atoms with Gasteiger partial charge in [0.25, 0.3) is 11.8 Å². The third kappa shape index (κ3) is 3.17. The van der Waals surface area contributed by atoms with Gasteiger partial charge in [0.15, 0.2) is 0 Å². The van der Waals surface area contributed by atoms with E-state index in [2.05, 4.69) is 31.4 Å². The van der Waals surface area contributed by atoms with Crippen LogP contribution < -0.4 is 5.32 Å². The van der Waals surface area contributed by atoms with Crippen molar-refractivity contribution in [2.75, 3.05) is 5.32 Å². The maximum absolute atomic E-state index is 12.8. The average molecular weight is 368 g/mol. The van der Waals surface area contributed by atoms with Gasteiger partial charge in [0.1, 0.15) is 5.82 Å². The SMILES string of the molecule is O=C(Nc1nnc(-c2ccc(Br)s2)o1)c1ccc(F)cc1. The number of thiophene rings is 1. The predicted molar refractivity (Wildman–Crippen MR) is 79.7 cm³/mol. The number of hydrogen-bond acceptors (Lipinski definition) is 5. The molecular weight excluding hydrogens is 361 g/mol. The molecule has 8 heteroatoms. The van der Waals surface area contributed by atoms with Crippen LogP contribution in [-0.4, -0.2) is 16.1 Å². The first-order valence-electron chi connectivity index (χ1n) is 5.78. The summed E-state index contributed by atoms with van der Waals surface area (Å²) in [5, 5.41) is 10.1. The molecule has 0 saturated heterocycles. The highest BCUT2D eigenvalue weighted by Gasteiger charge is 2.14. The van der Waals surface area contributed by atoms with Gasteiger partial charge >= 0.3 is 6.01 Å². The summed E-state index contributed by atoms with van der Waals surface area (Å²) in [5.41, 5.74) is 0.301. The first-order chi connectivity index (χ1) is 10.1. The predicted octanol–water partition coefficient (Wildman–Crippen LogP) is 3.95. The molecule has 0 aliphatic carbocycles. The first kappa shape index (κ1) is 13.9. The van der Waals surface area contributed by atoms with Crippen molar-refractivity contribution >= 4 is 39.2 Å². The fourth-order valence-corrected chi connectivity index (χ4v) is 2.88. The van der Waals surface area contributed by atoms with Gasteiger partial charge in [-0.05, 0) is 52.3 Å². The van der Waals surface area contributed by atoms with Gasteiger partial charge in [-0.1, -0.05) is 5.10 Å². The molecule has 5 nitrogen and oxygen atoms in total. The van der Waals surface area contributed by atoms with Crippen LogP contribution in [0.5, 0.6) is 0 Å². The summed E-state index contributed by atoms with van der Waals surface area (Å²) in [7, 11) is 0. The Morgan fingerprint density at radius 3 is 2.62 bits per heavy atom. The molecule has 0 saturated carbocycles. The standard InChI is InChI=1S/C13H7BrFN3O2S/c14-10-6-5-9(21-10)12-17-18-13(20-12)16-11(19)7-1-3-8(15)4-2-7/h1-6H,(H,16,18,19). The lowest BCUT2D eigenvalue weighted by atomic mass is 10.2. The quantitative estimate of drug-likeness (QED) is 0.760. The van der Waals surface area contributed by atoms with E-state index in [1.165, 1.54) is 35.6 Å². The van der Waals surface area contributed by atoms with Gasteiger partial charge in [-0.25, -0.2) is 4.39 Å². The van der Waals surface area contributed by atoms with Crippen LogP contribution in [0.25, 0.3) is 10.8 Å². The molecule has 0 fully saturated rings. The summed E-state index contributed by atoms with van der Waals surface area (Å²) < 4.78 is 19.1. The third-order valence-corrected chi connectivity index (χ3v) is 4.15. The van der Waals surface area contributed by atoms with E-state index in [1.54, 1.807) is 0 Å². The highest BCUT2D eigenvalue weighted by atomic mass is 79.9. The lowest BCUT2D eigenvalue weighted by molar-refractivity contribution is 0.102. The molecule has 106 valence electrons. The van der Waals surface area contributed by atoms with Crippen molar-refractivity contribution in [1.82, 2.24) is 10.2 Å². The maximum atomic E-state index is 12.8. The molecule has 2 heterocycles. The molecule has 1 aromatic carbocycles. The molecule has 0 radical (unpaired) electrons. The molecule has 21 heavy (non-hydrogen) atoms. The number of hydrogen-bond donors (Lipinski definition) is 1. The summed E-state index contributed by atoms with van der Waals surface area (Å²) in [6.07, 6.45) is 0. The van der Waals surface area contributed by atoms with E-state index >= 15 is 0 Å². The molecule has 0 aliphatic heterocycles. The second-order valence-corrected chi connectivity index (χ2v) is 6.44. The number of rotatable bonds is 3. The Kier molecular flexibility index (Phi) is 3.80. The number of carbonyl (C=O) groups excluding carboxylic acids is 1. The second kappa shape index (κ2) is 5.74. The van der Waals surface area contributed by atoms with Crippen molar-refractivity contribution < 1.29 is 13.6 Å². The average Bonchev–Trinajstić information content (AvgIpc) is 3.08. The molecule has 1 amide bonds. The molecule has 2 aromatic heterocycles. The topological polar surface area (TPSA) is 68.0 Å². The minimum Gasteiger partial charge on any atom is -0.402 e. The zero-order valence-corrected chi connectivity index (χ0v) is 12.7. The summed E-state index contributed by atoms with van der Waals surface area (Å²) in [6.45, 7) is 0. The van der Waals surface area contributed by atoms with Crippen LogP contribution in [0.4, 0.5) is 10.4 Å². The van der Waals surface area contributed by atoms with E-state index in [1.807, 2.05) is 12.1 Å². The molecule has 0 unspecified atom stereocenters. The minimum absolute atomic E-state index is 0.0103. The van der Waals surface area contributed by atoms with Crippen LogP contribution in [0.15, 0.2) is 44.6 Å². The van der Waals surface area contributed by atoms with Gasteiger partial charge < -0.3 is 4.42 Å². The van der Waals surface area contributed by atoms with E-state index in [-0.39, 0.29) is 6.01 Å². The lowest BCUT2D eigenvalue weighted by Crippen LogP contribution is -2.12. The summed E-state index contributed by atoms with van der Waals surface area (Å²) in [5.74, 6) is -0.535. The number of anilines is 1. The van der Waals surface area contributed by atoms with Crippen molar-refractivity contribution in [2.45, 2.75) is 0 Å². The summed E-state index contributed by atoms with van der Waals surface area (Å²) in [6, 6.07) is 8.84. The fourth-order valence-electron chi connectivity index (χ4n) is 1.57. The molecule has 0 atom stereocenters. The third-order valence-electron chi connectivity index (χ3n) is 2.54. The van der Waals surface area contributed by atoms with E-state index in [9.17, 15) is 9.18 Å². The lowest BCUT2D eigenvalue weighted by Gasteiger charge is -1.99. The zero-order valence-electron chi connectivity index (χ0n) is 10.3. The Balaban J connectivity index is 1.75. The van der Waals surface area contributed by atoms with Crippen molar-refractivity contribution in [2.24, 2.45) is 0 Å². The molecule has 0 spiro atoms. The van der Waals surface area contributed by atoms with E-state index in [4.69, 9.17) is 4.42 Å². The highest BCUT2D eigenvalue weighted by molar-refractivity contribution is 9.11. The summed E-state index contributed by atoms with van der Waals surface area (Å²) in [4.78, 5) is 12.7. The van der Waals surface area contributed by atoms with Crippen LogP contribution >= 0.6 is 27.3 Å². The Morgan fingerprint density at radius 2 is 1.95 bits per heavy atom. The van der Waals surface area contributed by atoms with E-state index in [0.29, 0.717) is 11.5 Å². The van der Waals surface area contributed by atoms with Gasteiger partial charge in [0.05, 0.1) is 8.66 Å².